The highest BCUT2D eigenvalue weighted by Gasteiger charge is 2.23. The normalized spacial score (nSPS) is 31.1. The highest BCUT2D eigenvalue weighted by atomic mass is 16.3. The summed E-state index contributed by atoms with van der Waals surface area (Å²) in [5, 5.41) is 21.1. The molecule has 1 rings (SSSR count). The lowest BCUT2D eigenvalue weighted by atomic mass is 10.2. The quantitative estimate of drug-likeness (QED) is 0.501. The Hall–Kier alpha value is -0.120. The average Bonchev–Trinajstić information content (AvgIpc) is 2.37. The van der Waals surface area contributed by atoms with Crippen LogP contribution in [0.2, 0.25) is 0 Å². The van der Waals surface area contributed by atoms with E-state index in [9.17, 15) is 5.11 Å². The van der Waals surface area contributed by atoms with Gasteiger partial charge in [-0.3, -0.25) is 0 Å². The molecule has 1 aliphatic carbocycles. The standard InChI is InChI=1S/C8H17NO2/c10-6-2-5-9-7-3-1-4-8(7)11/h7-11H,1-6H2/t7-,8-/m1/s1. The molecule has 0 radical (unpaired) electrons. The molecule has 1 fully saturated rings. The van der Waals surface area contributed by atoms with E-state index in [4.69, 9.17) is 5.11 Å². The fourth-order valence-electron chi connectivity index (χ4n) is 1.55. The van der Waals surface area contributed by atoms with E-state index >= 15 is 0 Å². The van der Waals surface area contributed by atoms with Gasteiger partial charge in [-0.15, -0.1) is 0 Å². The zero-order valence-electron chi connectivity index (χ0n) is 6.79. The van der Waals surface area contributed by atoms with Crippen LogP contribution >= 0.6 is 0 Å². The van der Waals surface area contributed by atoms with E-state index in [1.807, 2.05) is 0 Å². The Kier molecular flexibility index (Phi) is 3.83. The van der Waals surface area contributed by atoms with Gasteiger partial charge in [0.05, 0.1) is 6.10 Å². The van der Waals surface area contributed by atoms with Gasteiger partial charge in [0.15, 0.2) is 0 Å². The fraction of sp³-hybridized carbons (Fsp3) is 1.00. The summed E-state index contributed by atoms with van der Waals surface area (Å²) in [5.74, 6) is 0. The van der Waals surface area contributed by atoms with E-state index in [0.29, 0.717) is 0 Å². The molecule has 1 aliphatic rings. The summed E-state index contributed by atoms with van der Waals surface area (Å²) in [5.41, 5.74) is 0. The van der Waals surface area contributed by atoms with Crippen molar-refractivity contribution in [2.24, 2.45) is 0 Å². The molecule has 0 heterocycles. The third-order valence-electron chi connectivity index (χ3n) is 2.22. The predicted molar refractivity (Wildman–Crippen MR) is 43.4 cm³/mol. The Morgan fingerprint density at radius 2 is 2.18 bits per heavy atom. The van der Waals surface area contributed by atoms with Gasteiger partial charge >= 0.3 is 0 Å². The molecular weight excluding hydrogens is 142 g/mol. The Morgan fingerprint density at radius 3 is 2.73 bits per heavy atom. The third kappa shape index (κ3) is 2.77. The summed E-state index contributed by atoms with van der Waals surface area (Å²) in [6.07, 6.45) is 3.75. The van der Waals surface area contributed by atoms with Crippen LogP contribution in [0.3, 0.4) is 0 Å². The maximum absolute atomic E-state index is 9.36. The smallest absolute Gasteiger partial charge is 0.0693 e. The zero-order chi connectivity index (χ0) is 8.10. The van der Waals surface area contributed by atoms with Crippen molar-refractivity contribution in [3.05, 3.63) is 0 Å². The lowest BCUT2D eigenvalue weighted by molar-refractivity contribution is 0.148. The Balaban J connectivity index is 2.05. The Morgan fingerprint density at radius 1 is 1.36 bits per heavy atom. The zero-order valence-corrected chi connectivity index (χ0v) is 6.79. The monoisotopic (exact) mass is 159 g/mol. The van der Waals surface area contributed by atoms with Crippen molar-refractivity contribution in [3.63, 3.8) is 0 Å². The van der Waals surface area contributed by atoms with Gasteiger partial charge in [-0.2, -0.15) is 0 Å². The molecule has 0 unspecified atom stereocenters. The first-order chi connectivity index (χ1) is 5.34. The van der Waals surface area contributed by atoms with Crippen LogP contribution < -0.4 is 5.32 Å². The molecule has 3 nitrogen and oxygen atoms in total. The first kappa shape index (κ1) is 8.97. The SMILES string of the molecule is OCCCN[C@@H]1CCC[C@H]1O. The van der Waals surface area contributed by atoms with Crippen LogP contribution in [-0.4, -0.2) is 35.5 Å². The van der Waals surface area contributed by atoms with Crippen molar-refractivity contribution < 1.29 is 10.2 Å². The van der Waals surface area contributed by atoms with Crippen LogP contribution in [0.1, 0.15) is 25.7 Å². The van der Waals surface area contributed by atoms with Gasteiger partial charge in [-0.25, -0.2) is 0 Å². The minimum atomic E-state index is -0.159. The molecule has 0 saturated heterocycles. The second kappa shape index (κ2) is 4.70. The average molecular weight is 159 g/mol. The van der Waals surface area contributed by atoms with Crippen LogP contribution in [0.25, 0.3) is 0 Å². The second-order valence-electron chi connectivity index (χ2n) is 3.14. The maximum Gasteiger partial charge on any atom is 0.0693 e. The van der Waals surface area contributed by atoms with Crippen LogP contribution in [-0.2, 0) is 0 Å². The maximum atomic E-state index is 9.36. The van der Waals surface area contributed by atoms with Gasteiger partial charge in [0, 0.05) is 12.6 Å². The van der Waals surface area contributed by atoms with Crippen LogP contribution in [0, 0.1) is 0 Å². The molecule has 11 heavy (non-hydrogen) atoms. The molecule has 0 aromatic carbocycles. The van der Waals surface area contributed by atoms with Crippen molar-refractivity contribution in [1.29, 1.82) is 0 Å². The van der Waals surface area contributed by atoms with E-state index < -0.39 is 0 Å². The summed E-state index contributed by atoms with van der Waals surface area (Å²) >= 11 is 0. The van der Waals surface area contributed by atoms with Crippen LogP contribution in [0.4, 0.5) is 0 Å². The molecule has 1 saturated carbocycles. The molecule has 3 heteroatoms. The summed E-state index contributed by atoms with van der Waals surface area (Å²) in [6.45, 7) is 1.05. The molecule has 66 valence electrons. The molecule has 0 aliphatic heterocycles. The molecule has 0 spiro atoms. The number of hydrogen-bond donors (Lipinski definition) is 3. The highest BCUT2D eigenvalue weighted by Crippen LogP contribution is 2.18. The lowest BCUT2D eigenvalue weighted by Crippen LogP contribution is -2.36. The summed E-state index contributed by atoms with van der Waals surface area (Å²) in [6, 6.07) is 0.279. The van der Waals surface area contributed by atoms with Crippen LogP contribution in [0.5, 0.6) is 0 Å². The van der Waals surface area contributed by atoms with E-state index in [0.717, 1.165) is 32.2 Å². The van der Waals surface area contributed by atoms with Crippen molar-refractivity contribution in [3.8, 4) is 0 Å². The van der Waals surface area contributed by atoms with Crippen molar-refractivity contribution in [2.45, 2.75) is 37.8 Å². The van der Waals surface area contributed by atoms with Crippen LogP contribution in [0.15, 0.2) is 0 Å². The Labute approximate surface area is 67.4 Å². The van der Waals surface area contributed by atoms with Crippen molar-refractivity contribution >= 4 is 0 Å². The second-order valence-corrected chi connectivity index (χ2v) is 3.14. The topological polar surface area (TPSA) is 52.5 Å². The van der Waals surface area contributed by atoms with Crippen molar-refractivity contribution in [2.75, 3.05) is 13.2 Å². The molecule has 0 aromatic heterocycles. The minimum absolute atomic E-state index is 0.159. The van der Waals surface area contributed by atoms with Gasteiger partial charge in [-0.1, -0.05) is 0 Å². The van der Waals surface area contributed by atoms with Crippen molar-refractivity contribution in [1.82, 2.24) is 5.32 Å². The van der Waals surface area contributed by atoms with Gasteiger partial charge < -0.3 is 15.5 Å². The number of aliphatic hydroxyl groups is 2. The predicted octanol–water partition coefficient (Wildman–Crippen LogP) is -0.128. The molecular formula is C8H17NO2. The minimum Gasteiger partial charge on any atom is -0.396 e. The summed E-state index contributed by atoms with van der Waals surface area (Å²) in [7, 11) is 0. The van der Waals surface area contributed by atoms with E-state index in [2.05, 4.69) is 5.32 Å². The van der Waals surface area contributed by atoms with E-state index in [-0.39, 0.29) is 18.8 Å². The van der Waals surface area contributed by atoms with Gasteiger partial charge in [0.2, 0.25) is 0 Å². The highest BCUT2D eigenvalue weighted by molar-refractivity contribution is 4.82. The summed E-state index contributed by atoms with van der Waals surface area (Å²) in [4.78, 5) is 0. The molecule has 3 N–H and O–H groups in total. The molecule has 0 bridgehead atoms. The fourth-order valence-corrected chi connectivity index (χ4v) is 1.55. The Bertz CT molecular complexity index is 108. The number of aliphatic hydroxyl groups excluding tert-OH is 2. The van der Waals surface area contributed by atoms with Gasteiger partial charge in [0.25, 0.3) is 0 Å². The first-order valence-electron chi connectivity index (χ1n) is 4.37. The van der Waals surface area contributed by atoms with Gasteiger partial charge in [-0.05, 0) is 32.2 Å². The molecule has 2 atom stereocenters. The molecule has 0 aromatic rings. The van der Waals surface area contributed by atoms with E-state index in [1.54, 1.807) is 0 Å². The number of nitrogens with one attached hydrogen (secondary N) is 1. The summed E-state index contributed by atoms with van der Waals surface area (Å²) < 4.78 is 0. The largest absolute Gasteiger partial charge is 0.396 e. The molecule has 0 amide bonds. The lowest BCUT2D eigenvalue weighted by Gasteiger charge is -2.15. The van der Waals surface area contributed by atoms with E-state index in [1.165, 1.54) is 0 Å². The number of hydrogen-bond acceptors (Lipinski definition) is 3. The number of rotatable bonds is 4. The van der Waals surface area contributed by atoms with Gasteiger partial charge in [0.1, 0.15) is 0 Å². The first-order valence-corrected chi connectivity index (χ1v) is 4.37. The third-order valence-corrected chi connectivity index (χ3v) is 2.22.